The second-order valence-electron chi connectivity index (χ2n) is 9.22. The quantitative estimate of drug-likeness (QED) is 0.714. The third kappa shape index (κ3) is 2.68. The minimum Gasteiger partial charge on any atom is -0.392 e. The molecule has 0 heterocycles. The zero-order valence-corrected chi connectivity index (χ0v) is 15.4. The number of carbonyl (C=O) groups is 2. The summed E-state index contributed by atoms with van der Waals surface area (Å²) in [4.78, 5) is 25.6. The molecule has 4 nitrogen and oxygen atoms in total. The third-order valence-electron chi connectivity index (χ3n) is 7.04. The Labute approximate surface area is 144 Å². The first kappa shape index (κ1) is 17.8. The normalized spacial score (nSPS) is 50.4. The molecule has 0 aromatic rings. The fourth-order valence-corrected chi connectivity index (χ4v) is 5.12. The van der Waals surface area contributed by atoms with Crippen LogP contribution in [0, 0.1) is 35.0 Å². The Morgan fingerprint density at radius 2 is 1.83 bits per heavy atom. The molecule has 0 aromatic carbocycles. The number of Topliss-reactive ketones (excluding diaryl/α,β-unsaturated/α-hetero) is 2. The number of fused-ring (bicyclic) bond motifs is 2. The van der Waals surface area contributed by atoms with E-state index >= 15 is 0 Å². The predicted octanol–water partition coefficient (Wildman–Crippen LogP) is 2.52. The molecule has 0 bridgehead atoms. The second-order valence-corrected chi connectivity index (χ2v) is 9.22. The van der Waals surface area contributed by atoms with Gasteiger partial charge in [0, 0.05) is 11.8 Å². The Balaban J connectivity index is 2.00. The van der Waals surface area contributed by atoms with Crippen molar-refractivity contribution in [3.63, 3.8) is 0 Å². The fraction of sp³-hybridized carbons (Fsp3) is 0.800. The van der Waals surface area contributed by atoms with Crippen molar-refractivity contribution in [3.05, 3.63) is 11.6 Å². The Morgan fingerprint density at radius 3 is 2.46 bits per heavy atom. The Bertz CT molecular complexity index is 601. The summed E-state index contributed by atoms with van der Waals surface area (Å²) in [6, 6.07) is 0. The van der Waals surface area contributed by atoms with Crippen molar-refractivity contribution in [2.45, 2.75) is 65.6 Å². The first-order valence-corrected chi connectivity index (χ1v) is 9.14. The molecule has 3 aliphatic carbocycles. The lowest BCUT2D eigenvalue weighted by atomic mass is 9.79. The SMILES string of the molecule is C/C1=C\[C@@H]2[C@H](CC[C@](C)(O)C[C@@H]3C(=O)[C@@H](C)[C@@H](O)[C@H]3C1=O)C2(C)C. The number of aliphatic hydroxyl groups excluding tert-OH is 1. The van der Waals surface area contributed by atoms with E-state index in [4.69, 9.17) is 0 Å². The van der Waals surface area contributed by atoms with E-state index < -0.39 is 29.5 Å². The van der Waals surface area contributed by atoms with Gasteiger partial charge in [-0.05, 0) is 55.9 Å². The van der Waals surface area contributed by atoms with Gasteiger partial charge in [-0.25, -0.2) is 0 Å². The van der Waals surface area contributed by atoms with Crippen LogP contribution in [0.1, 0.15) is 53.9 Å². The van der Waals surface area contributed by atoms with E-state index in [1.54, 1.807) is 20.8 Å². The van der Waals surface area contributed by atoms with Crippen molar-refractivity contribution in [2.24, 2.45) is 35.0 Å². The lowest BCUT2D eigenvalue weighted by Gasteiger charge is -2.29. The molecule has 0 saturated heterocycles. The highest BCUT2D eigenvalue weighted by atomic mass is 16.3. The van der Waals surface area contributed by atoms with Gasteiger partial charge in [0.2, 0.25) is 0 Å². The average molecular weight is 334 g/mol. The van der Waals surface area contributed by atoms with Gasteiger partial charge in [0.05, 0.1) is 17.6 Å². The Kier molecular flexibility index (Phi) is 4.08. The van der Waals surface area contributed by atoms with Crippen molar-refractivity contribution in [2.75, 3.05) is 0 Å². The van der Waals surface area contributed by atoms with Crippen LogP contribution >= 0.6 is 0 Å². The highest BCUT2D eigenvalue weighted by Crippen LogP contribution is 2.62. The molecule has 0 aromatic heterocycles. The van der Waals surface area contributed by atoms with Crippen LogP contribution in [0.4, 0.5) is 0 Å². The lowest BCUT2D eigenvalue weighted by molar-refractivity contribution is -0.130. The van der Waals surface area contributed by atoms with Crippen LogP contribution in [0.3, 0.4) is 0 Å². The molecular formula is C20H30O4. The highest BCUT2D eigenvalue weighted by Gasteiger charge is 2.58. The average Bonchev–Trinajstić information content (AvgIpc) is 2.93. The molecule has 2 fully saturated rings. The van der Waals surface area contributed by atoms with Crippen LogP contribution < -0.4 is 0 Å². The first-order chi connectivity index (χ1) is 11.0. The van der Waals surface area contributed by atoms with Gasteiger partial charge in [-0.1, -0.05) is 26.8 Å². The minimum absolute atomic E-state index is 0.0846. The summed E-state index contributed by atoms with van der Waals surface area (Å²) in [6.07, 6.45) is 2.88. The van der Waals surface area contributed by atoms with Crippen molar-refractivity contribution in [1.82, 2.24) is 0 Å². The molecule has 3 aliphatic rings. The molecule has 7 atom stereocenters. The molecule has 0 aliphatic heterocycles. The van der Waals surface area contributed by atoms with Crippen molar-refractivity contribution >= 4 is 11.6 Å². The molecule has 2 saturated carbocycles. The molecule has 3 rings (SSSR count). The minimum atomic E-state index is -0.982. The maximum atomic E-state index is 13.0. The molecule has 2 N–H and O–H groups in total. The Hall–Kier alpha value is -1.00. The number of allylic oxidation sites excluding steroid dienone is 2. The third-order valence-corrected chi connectivity index (χ3v) is 7.04. The zero-order valence-electron chi connectivity index (χ0n) is 15.4. The molecule has 0 spiro atoms. The van der Waals surface area contributed by atoms with E-state index in [9.17, 15) is 19.8 Å². The summed E-state index contributed by atoms with van der Waals surface area (Å²) in [6.45, 7) is 9.67. The maximum absolute atomic E-state index is 13.0. The van der Waals surface area contributed by atoms with Crippen molar-refractivity contribution < 1.29 is 19.8 Å². The number of aliphatic hydroxyl groups is 2. The lowest BCUT2D eigenvalue weighted by Crippen LogP contribution is -2.36. The topological polar surface area (TPSA) is 74.6 Å². The van der Waals surface area contributed by atoms with Gasteiger partial charge >= 0.3 is 0 Å². The summed E-state index contributed by atoms with van der Waals surface area (Å²) < 4.78 is 0. The smallest absolute Gasteiger partial charge is 0.164 e. The number of carbonyl (C=O) groups excluding carboxylic acids is 2. The van der Waals surface area contributed by atoms with Gasteiger partial charge < -0.3 is 10.2 Å². The van der Waals surface area contributed by atoms with E-state index in [-0.39, 0.29) is 23.4 Å². The molecule has 0 radical (unpaired) electrons. The van der Waals surface area contributed by atoms with E-state index in [0.717, 1.165) is 6.42 Å². The summed E-state index contributed by atoms with van der Waals surface area (Å²) >= 11 is 0. The van der Waals surface area contributed by atoms with Crippen molar-refractivity contribution in [1.29, 1.82) is 0 Å². The molecule has 134 valence electrons. The summed E-state index contributed by atoms with van der Waals surface area (Å²) in [7, 11) is 0. The van der Waals surface area contributed by atoms with E-state index in [1.165, 1.54) is 0 Å². The summed E-state index contributed by atoms with van der Waals surface area (Å²) in [5.41, 5.74) is -0.175. The van der Waals surface area contributed by atoms with Gasteiger partial charge in [0.1, 0.15) is 5.78 Å². The van der Waals surface area contributed by atoms with E-state index in [1.807, 2.05) is 6.08 Å². The number of ketones is 2. The van der Waals surface area contributed by atoms with Crippen LogP contribution in [-0.2, 0) is 9.59 Å². The maximum Gasteiger partial charge on any atom is 0.164 e. The standard InChI is InChI=1S/C20H30O4/c1-10-8-14-13(19(14,3)4)6-7-20(5,24)9-12-15(16(10)21)18(23)11(2)17(12)22/h8,11-15,18,23-24H,6-7,9H2,1-5H3/b10-8+/t11-,12+,13+,14-,15-,18-,20+/m1/s1. The fourth-order valence-electron chi connectivity index (χ4n) is 5.12. The summed E-state index contributed by atoms with van der Waals surface area (Å²) in [5, 5.41) is 21.3. The van der Waals surface area contributed by atoms with Crippen LogP contribution in [0.2, 0.25) is 0 Å². The zero-order chi connectivity index (χ0) is 18.0. The van der Waals surface area contributed by atoms with Crippen LogP contribution in [0.25, 0.3) is 0 Å². The van der Waals surface area contributed by atoms with Gasteiger partial charge in [0.25, 0.3) is 0 Å². The van der Waals surface area contributed by atoms with Gasteiger partial charge in [-0.3, -0.25) is 9.59 Å². The monoisotopic (exact) mass is 334 g/mol. The van der Waals surface area contributed by atoms with Crippen molar-refractivity contribution in [3.8, 4) is 0 Å². The van der Waals surface area contributed by atoms with Gasteiger partial charge in [-0.2, -0.15) is 0 Å². The molecule has 4 heteroatoms. The summed E-state index contributed by atoms with van der Waals surface area (Å²) in [5.74, 6) is -1.25. The predicted molar refractivity (Wildman–Crippen MR) is 91.2 cm³/mol. The number of hydrogen-bond acceptors (Lipinski definition) is 4. The largest absolute Gasteiger partial charge is 0.392 e. The van der Waals surface area contributed by atoms with Gasteiger partial charge in [-0.15, -0.1) is 0 Å². The van der Waals surface area contributed by atoms with Crippen LogP contribution in [0.15, 0.2) is 11.6 Å². The second kappa shape index (κ2) is 5.50. The molecular weight excluding hydrogens is 304 g/mol. The molecule has 24 heavy (non-hydrogen) atoms. The van der Waals surface area contributed by atoms with E-state index in [0.29, 0.717) is 23.8 Å². The van der Waals surface area contributed by atoms with E-state index in [2.05, 4.69) is 13.8 Å². The Morgan fingerprint density at radius 1 is 1.21 bits per heavy atom. The molecule has 0 unspecified atom stereocenters. The van der Waals surface area contributed by atoms with Gasteiger partial charge in [0.15, 0.2) is 5.78 Å². The molecule has 0 amide bonds. The number of rotatable bonds is 0. The first-order valence-electron chi connectivity index (χ1n) is 9.14. The van der Waals surface area contributed by atoms with Crippen LogP contribution in [-0.4, -0.2) is 33.5 Å². The highest BCUT2D eigenvalue weighted by molar-refractivity contribution is 6.03. The number of hydrogen-bond donors (Lipinski definition) is 2. The van der Waals surface area contributed by atoms with Crippen LogP contribution in [0.5, 0.6) is 0 Å².